The summed E-state index contributed by atoms with van der Waals surface area (Å²) < 4.78 is 1.91. The van der Waals surface area contributed by atoms with E-state index in [2.05, 4.69) is 10.3 Å². The van der Waals surface area contributed by atoms with Gasteiger partial charge < -0.3 is 14.8 Å². The number of nitrogens with one attached hydrogen (secondary N) is 1. The SMILES string of the molecule is Cn1ccnc1C1CNCCN1C(=O)Cc1cccc([N+](=O)[O-])c1. The number of amides is 1. The first-order valence-corrected chi connectivity index (χ1v) is 7.77. The molecule has 1 fully saturated rings. The van der Waals surface area contributed by atoms with Gasteiger partial charge in [0.05, 0.1) is 11.3 Å². The Labute approximate surface area is 139 Å². The molecule has 0 saturated carbocycles. The average Bonchev–Trinajstić information content (AvgIpc) is 3.01. The number of nitro groups is 1. The summed E-state index contributed by atoms with van der Waals surface area (Å²) in [5.74, 6) is 0.777. The molecule has 24 heavy (non-hydrogen) atoms. The topological polar surface area (TPSA) is 93.3 Å². The molecule has 2 aromatic rings. The Bertz CT molecular complexity index is 758. The first kappa shape index (κ1) is 16.1. The molecule has 0 spiro atoms. The quantitative estimate of drug-likeness (QED) is 0.668. The molecule has 1 aliphatic rings. The van der Waals surface area contributed by atoms with E-state index in [1.165, 1.54) is 12.1 Å². The van der Waals surface area contributed by atoms with Crippen LogP contribution in [0.3, 0.4) is 0 Å². The second-order valence-corrected chi connectivity index (χ2v) is 5.81. The Hall–Kier alpha value is -2.74. The minimum Gasteiger partial charge on any atom is -0.336 e. The number of nitro benzene ring substituents is 1. The molecule has 1 aromatic heterocycles. The molecule has 1 saturated heterocycles. The van der Waals surface area contributed by atoms with Gasteiger partial charge in [0, 0.05) is 51.2 Å². The summed E-state index contributed by atoms with van der Waals surface area (Å²) in [5, 5.41) is 14.2. The number of hydrogen-bond donors (Lipinski definition) is 1. The second-order valence-electron chi connectivity index (χ2n) is 5.81. The van der Waals surface area contributed by atoms with Crippen molar-refractivity contribution in [2.24, 2.45) is 7.05 Å². The third-order valence-corrected chi connectivity index (χ3v) is 4.20. The van der Waals surface area contributed by atoms with Crippen LogP contribution in [-0.2, 0) is 18.3 Å². The number of rotatable bonds is 4. The maximum absolute atomic E-state index is 12.8. The molecule has 8 nitrogen and oxygen atoms in total. The number of hydrogen-bond acceptors (Lipinski definition) is 5. The maximum atomic E-state index is 12.8. The number of non-ortho nitro benzene ring substituents is 1. The van der Waals surface area contributed by atoms with Gasteiger partial charge in [-0.1, -0.05) is 12.1 Å². The van der Waals surface area contributed by atoms with E-state index in [1.807, 2.05) is 17.8 Å². The highest BCUT2D eigenvalue weighted by molar-refractivity contribution is 5.79. The Kier molecular flexibility index (Phi) is 4.57. The van der Waals surface area contributed by atoms with Gasteiger partial charge in [-0.25, -0.2) is 4.98 Å². The average molecular weight is 329 g/mol. The van der Waals surface area contributed by atoms with Crippen LogP contribution in [0.15, 0.2) is 36.7 Å². The van der Waals surface area contributed by atoms with E-state index in [0.717, 1.165) is 12.4 Å². The van der Waals surface area contributed by atoms with Crippen molar-refractivity contribution in [1.29, 1.82) is 0 Å². The first-order valence-electron chi connectivity index (χ1n) is 7.77. The number of aromatic nitrogens is 2. The third-order valence-electron chi connectivity index (χ3n) is 4.20. The van der Waals surface area contributed by atoms with Gasteiger partial charge in [0.15, 0.2) is 0 Å². The molecule has 8 heteroatoms. The maximum Gasteiger partial charge on any atom is 0.269 e. The molecule has 126 valence electrons. The fourth-order valence-corrected chi connectivity index (χ4v) is 2.99. The van der Waals surface area contributed by atoms with Crippen molar-refractivity contribution < 1.29 is 9.72 Å². The van der Waals surface area contributed by atoms with Crippen molar-refractivity contribution in [2.75, 3.05) is 19.6 Å². The van der Waals surface area contributed by atoms with E-state index >= 15 is 0 Å². The number of piperazine rings is 1. The standard InChI is InChI=1S/C16H19N5O3/c1-19-7-6-18-16(19)14-11-17-5-8-20(14)15(22)10-12-3-2-4-13(9-12)21(23)24/h2-4,6-7,9,14,17H,5,8,10-11H2,1H3. The Morgan fingerprint density at radius 2 is 2.33 bits per heavy atom. The van der Waals surface area contributed by atoms with Crippen molar-refractivity contribution in [3.05, 3.63) is 58.2 Å². The van der Waals surface area contributed by atoms with Crippen molar-refractivity contribution in [3.8, 4) is 0 Å². The van der Waals surface area contributed by atoms with Crippen molar-refractivity contribution >= 4 is 11.6 Å². The molecular formula is C16H19N5O3. The summed E-state index contributed by atoms with van der Waals surface area (Å²) in [7, 11) is 1.90. The van der Waals surface area contributed by atoms with E-state index in [1.54, 1.807) is 23.2 Å². The highest BCUT2D eigenvalue weighted by atomic mass is 16.6. The molecule has 1 amide bonds. The van der Waals surface area contributed by atoms with Crippen LogP contribution in [-0.4, -0.2) is 44.9 Å². The Morgan fingerprint density at radius 1 is 1.50 bits per heavy atom. The van der Waals surface area contributed by atoms with Gasteiger partial charge in [-0.3, -0.25) is 14.9 Å². The normalized spacial score (nSPS) is 17.7. The summed E-state index contributed by atoms with van der Waals surface area (Å²) >= 11 is 0. The van der Waals surface area contributed by atoms with Crippen LogP contribution in [0.25, 0.3) is 0 Å². The first-order chi connectivity index (χ1) is 11.6. The van der Waals surface area contributed by atoms with E-state index in [0.29, 0.717) is 18.7 Å². The predicted octanol–water partition coefficient (Wildman–Crippen LogP) is 1.04. The van der Waals surface area contributed by atoms with Crippen LogP contribution in [0.4, 0.5) is 5.69 Å². The lowest BCUT2D eigenvalue weighted by Crippen LogP contribution is -2.49. The number of aryl methyl sites for hydroxylation is 1. The monoisotopic (exact) mass is 329 g/mol. The fourth-order valence-electron chi connectivity index (χ4n) is 2.99. The highest BCUT2D eigenvalue weighted by Crippen LogP contribution is 2.22. The lowest BCUT2D eigenvalue weighted by molar-refractivity contribution is -0.384. The minimum absolute atomic E-state index is 0.00117. The lowest BCUT2D eigenvalue weighted by atomic mass is 10.1. The number of carbonyl (C=O) groups is 1. The fraction of sp³-hybridized carbons (Fsp3) is 0.375. The van der Waals surface area contributed by atoms with Gasteiger partial charge in [0.25, 0.3) is 5.69 Å². The van der Waals surface area contributed by atoms with E-state index < -0.39 is 4.92 Å². The van der Waals surface area contributed by atoms with Crippen LogP contribution >= 0.6 is 0 Å². The third kappa shape index (κ3) is 3.28. The predicted molar refractivity (Wildman–Crippen MR) is 87.3 cm³/mol. The molecule has 1 aromatic carbocycles. The lowest BCUT2D eigenvalue weighted by Gasteiger charge is -2.35. The summed E-state index contributed by atoms with van der Waals surface area (Å²) in [6, 6.07) is 6.09. The molecule has 0 bridgehead atoms. The minimum atomic E-state index is -0.449. The molecule has 1 N–H and O–H groups in total. The second kappa shape index (κ2) is 6.79. The zero-order valence-electron chi connectivity index (χ0n) is 13.4. The number of benzene rings is 1. The van der Waals surface area contributed by atoms with E-state index in [-0.39, 0.29) is 24.1 Å². The molecule has 1 atom stereocenters. The van der Waals surface area contributed by atoms with Crippen molar-refractivity contribution in [2.45, 2.75) is 12.5 Å². The Balaban J connectivity index is 1.78. The van der Waals surface area contributed by atoms with Gasteiger partial charge in [0.1, 0.15) is 11.9 Å². The van der Waals surface area contributed by atoms with Crippen molar-refractivity contribution in [1.82, 2.24) is 19.8 Å². The largest absolute Gasteiger partial charge is 0.336 e. The number of carbonyl (C=O) groups excluding carboxylic acids is 1. The number of nitrogens with zero attached hydrogens (tertiary/aromatic N) is 4. The summed E-state index contributed by atoms with van der Waals surface area (Å²) in [5.41, 5.74) is 0.646. The molecular weight excluding hydrogens is 310 g/mol. The van der Waals surface area contributed by atoms with Gasteiger partial charge in [-0.05, 0) is 5.56 Å². The molecule has 2 heterocycles. The van der Waals surface area contributed by atoms with Gasteiger partial charge in [-0.15, -0.1) is 0 Å². The smallest absolute Gasteiger partial charge is 0.269 e. The van der Waals surface area contributed by atoms with Gasteiger partial charge in [-0.2, -0.15) is 0 Å². The Morgan fingerprint density at radius 3 is 3.04 bits per heavy atom. The van der Waals surface area contributed by atoms with Crippen LogP contribution in [0, 0.1) is 10.1 Å². The van der Waals surface area contributed by atoms with Crippen LogP contribution in [0.1, 0.15) is 17.4 Å². The summed E-state index contributed by atoms with van der Waals surface area (Å²) in [6.45, 7) is 1.96. The zero-order valence-corrected chi connectivity index (χ0v) is 13.4. The summed E-state index contributed by atoms with van der Waals surface area (Å²) in [6.07, 6.45) is 3.71. The van der Waals surface area contributed by atoms with Crippen LogP contribution < -0.4 is 5.32 Å². The van der Waals surface area contributed by atoms with Crippen LogP contribution in [0.2, 0.25) is 0 Å². The van der Waals surface area contributed by atoms with E-state index in [4.69, 9.17) is 0 Å². The molecule has 0 aliphatic carbocycles. The zero-order chi connectivity index (χ0) is 17.1. The molecule has 1 aliphatic heterocycles. The highest BCUT2D eigenvalue weighted by Gasteiger charge is 2.30. The molecule has 1 unspecified atom stereocenters. The van der Waals surface area contributed by atoms with Gasteiger partial charge in [0.2, 0.25) is 5.91 Å². The van der Waals surface area contributed by atoms with E-state index in [9.17, 15) is 14.9 Å². The summed E-state index contributed by atoms with van der Waals surface area (Å²) in [4.78, 5) is 29.3. The molecule has 0 radical (unpaired) electrons. The van der Waals surface area contributed by atoms with Gasteiger partial charge >= 0.3 is 0 Å². The molecule has 3 rings (SSSR count). The number of imidazole rings is 1. The van der Waals surface area contributed by atoms with Crippen molar-refractivity contribution in [3.63, 3.8) is 0 Å². The van der Waals surface area contributed by atoms with Crippen LogP contribution in [0.5, 0.6) is 0 Å².